The lowest BCUT2D eigenvalue weighted by Gasteiger charge is -2.06. The van der Waals surface area contributed by atoms with Crippen LogP contribution in [0.3, 0.4) is 0 Å². The maximum Gasteiger partial charge on any atom is 0.335 e. The molecule has 19 heavy (non-hydrogen) atoms. The first-order chi connectivity index (χ1) is 8.99. The Labute approximate surface area is 113 Å². The molecule has 100 valence electrons. The Balaban J connectivity index is 2.19. The van der Waals surface area contributed by atoms with Crippen molar-refractivity contribution in [1.29, 1.82) is 0 Å². The summed E-state index contributed by atoms with van der Waals surface area (Å²) >= 11 is 1.37. The molecule has 2 rings (SSSR count). The minimum atomic E-state index is -3.74. The minimum absolute atomic E-state index is 0.0726. The highest BCUT2D eigenvalue weighted by Gasteiger charge is 2.16. The van der Waals surface area contributed by atoms with Crippen molar-refractivity contribution in [3.8, 4) is 0 Å². The molecular weight excluding hydrogens is 288 g/mol. The zero-order valence-corrected chi connectivity index (χ0v) is 11.2. The second kappa shape index (κ2) is 5.47. The van der Waals surface area contributed by atoms with E-state index in [4.69, 9.17) is 5.11 Å². The van der Waals surface area contributed by atoms with Gasteiger partial charge in [0.25, 0.3) is 0 Å². The number of aromatic nitrogens is 1. The van der Waals surface area contributed by atoms with Gasteiger partial charge in [-0.3, -0.25) is 0 Å². The van der Waals surface area contributed by atoms with Crippen LogP contribution in [0, 0.1) is 0 Å². The molecular formula is C11H10N2O4S2. The molecule has 0 amide bonds. The first kappa shape index (κ1) is 13.7. The van der Waals surface area contributed by atoms with Gasteiger partial charge in [0.05, 0.1) is 28.2 Å². The quantitative estimate of drug-likeness (QED) is 0.867. The molecule has 6 nitrogen and oxygen atoms in total. The fraction of sp³-hybridized carbons (Fsp3) is 0.0909. The topological polar surface area (TPSA) is 96.4 Å². The number of carboxylic acids is 1. The van der Waals surface area contributed by atoms with Crippen LogP contribution in [-0.2, 0) is 16.6 Å². The zero-order valence-electron chi connectivity index (χ0n) is 9.61. The van der Waals surface area contributed by atoms with E-state index < -0.39 is 16.0 Å². The molecule has 0 fully saturated rings. The van der Waals surface area contributed by atoms with Crippen molar-refractivity contribution >= 4 is 27.3 Å². The molecule has 0 unspecified atom stereocenters. The van der Waals surface area contributed by atoms with Gasteiger partial charge in [-0.25, -0.2) is 22.9 Å². The van der Waals surface area contributed by atoms with Crippen molar-refractivity contribution in [2.24, 2.45) is 0 Å². The van der Waals surface area contributed by atoms with Gasteiger partial charge >= 0.3 is 5.97 Å². The summed E-state index contributed by atoms with van der Waals surface area (Å²) in [6.07, 6.45) is 0. The third-order valence-electron chi connectivity index (χ3n) is 2.32. The molecule has 0 aliphatic rings. The molecule has 0 spiro atoms. The molecule has 2 aromatic rings. The summed E-state index contributed by atoms with van der Waals surface area (Å²) in [7, 11) is -3.74. The van der Waals surface area contributed by atoms with E-state index in [-0.39, 0.29) is 17.0 Å². The van der Waals surface area contributed by atoms with E-state index in [2.05, 4.69) is 9.71 Å². The number of carboxylic acid groups (broad SMARTS) is 1. The van der Waals surface area contributed by atoms with Crippen molar-refractivity contribution in [3.63, 3.8) is 0 Å². The van der Waals surface area contributed by atoms with Gasteiger partial charge in [-0.1, -0.05) is 6.07 Å². The van der Waals surface area contributed by atoms with Crippen LogP contribution in [0.25, 0.3) is 0 Å². The Kier molecular flexibility index (Phi) is 3.93. The summed E-state index contributed by atoms with van der Waals surface area (Å²) in [4.78, 5) is 14.7. The number of benzene rings is 1. The lowest BCUT2D eigenvalue weighted by Crippen LogP contribution is -2.23. The summed E-state index contributed by atoms with van der Waals surface area (Å²) in [6.45, 7) is 0.0726. The van der Waals surface area contributed by atoms with Crippen LogP contribution < -0.4 is 4.72 Å². The third-order valence-corrected chi connectivity index (χ3v) is 4.35. The summed E-state index contributed by atoms with van der Waals surface area (Å²) in [5.74, 6) is -1.17. The first-order valence-corrected chi connectivity index (χ1v) is 7.62. The van der Waals surface area contributed by atoms with Gasteiger partial charge in [0, 0.05) is 5.38 Å². The number of nitrogens with one attached hydrogen (secondary N) is 1. The fourth-order valence-corrected chi connectivity index (χ4v) is 2.98. The minimum Gasteiger partial charge on any atom is -0.478 e. The summed E-state index contributed by atoms with van der Waals surface area (Å²) in [5, 5.41) is 10.6. The van der Waals surface area contributed by atoms with E-state index in [0.717, 1.165) is 6.07 Å². The molecule has 2 N–H and O–H groups in total. The Hall–Kier alpha value is -1.77. The highest BCUT2D eigenvalue weighted by Crippen LogP contribution is 2.12. The molecule has 8 heteroatoms. The number of thiazole rings is 1. The van der Waals surface area contributed by atoms with Crippen molar-refractivity contribution in [3.05, 3.63) is 46.4 Å². The van der Waals surface area contributed by atoms with Crippen LogP contribution in [0.5, 0.6) is 0 Å². The zero-order chi connectivity index (χ0) is 13.9. The summed E-state index contributed by atoms with van der Waals surface area (Å²) < 4.78 is 26.3. The first-order valence-electron chi connectivity index (χ1n) is 5.19. The van der Waals surface area contributed by atoms with Crippen molar-refractivity contribution in [2.75, 3.05) is 0 Å². The van der Waals surface area contributed by atoms with Gasteiger partial charge in [-0.2, -0.15) is 0 Å². The van der Waals surface area contributed by atoms with E-state index in [9.17, 15) is 13.2 Å². The Morgan fingerprint density at radius 2 is 2.21 bits per heavy atom. The highest BCUT2D eigenvalue weighted by molar-refractivity contribution is 7.89. The fourth-order valence-electron chi connectivity index (χ4n) is 1.37. The third kappa shape index (κ3) is 3.37. The highest BCUT2D eigenvalue weighted by atomic mass is 32.2. The molecule has 0 aliphatic heterocycles. The van der Waals surface area contributed by atoms with Crippen LogP contribution >= 0.6 is 11.3 Å². The van der Waals surface area contributed by atoms with Gasteiger partial charge in [-0.05, 0) is 18.2 Å². The molecule has 0 bridgehead atoms. The molecule has 1 heterocycles. The van der Waals surface area contributed by atoms with E-state index in [1.807, 2.05) is 0 Å². The normalized spacial score (nSPS) is 11.4. The average molecular weight is 298 g/mol. The van der Waals surface area contributed by atoms with E-state index in [1.54, 1.807) is 10.9 Å². The second-order valence-electron chi connectivity index (χ2n) is 3.64. The standard InChI is InChI=1S/C11H10N2O4S2/c14-11(15)8-2-1-3-10(4-8)19(16,17)13-5-9-6-18-7-12-9/h1-4,6-7,13H,5H2,(H,14,15). The van der Waals surface area contributed by atoms with Crippen molar-refractivity contribution < 1.29 is 18.3 Å². The monoisotopic (exact) mass is 298 g/mol. The molecule has 0 aliphatic carbocycles. The van der Waals surface area contributed by atoms with Crippen LogP contribution in [-0.4, -0.2) is 24.5 Å². The number of nitrogens with zero attached hydrogens (tertiary/aromatic N) is 1. The molecule has 0 saturated heterocycles. The van der Waals surface area contributed by atoms with E-state index >= 15 is 0 Å². The number of sulfonamides is 1. The lowest BCUT2D eigenvalue weighted by atomic mass is 10.2. The van der Waals surface area contributed by atoms with Gasteiger partial charge in [0.15, 0.2) is 0 Å². The van der Waals surface area contributed by atoms with Gasteiger partial charge in [0.2, 0.25) is 10.0 Å². The largest absolute Gasteiger partial charge is 0.478 e. The van der Waals surface area contributed by atoms with Crippen LogP contribution in [0.2, 0.25) is 0 Å². The number of aromatic carboxylic acids is 1. The molecule has 0 saturated carbocycles. The molecule has 0 radical (unpaired) electrons. The predicted molar refractivity (Wildman–Crippen MR) is 69.5 cm³/mol. The van der Waals surface area contributed by atoms with E-state index in [1.165, 1.54) is 29.5 Å². The lowest BCUT2D eigenvalue weighted by molar-refractivity contribution is 0.0696. The molecule has 0 atom stereocenters. The van der Waals surface area contributed by atoms with Crippen LogP contribution in [0.15, 0.2) is 40.1 Å². The van der Waals surface area contributed by atoms with Crippen molar-refractivity contribution in [1.82, 2.24) is 9.71 Å². The van der Waals surface area contributed by atoms with E-state index in [0.29, 0.717) is 5.69 Å². The Morgan fingerprint density at radius 1 is 1.42 bits per heavy atom. The van der Waals surface area contributed by atoms with Crippen LogP contribution in [0.4, 0.5) is 0 Å². The number of rotatable bonds is 5. The summed E-state index contributed by atoms with van der Waals surface area (Å²) in [6, 6.07) is 5.18. The maximum absolute atomic E-state index is 12.0. The predicted octanol–water partition coefficient (Wildman–Crippen LogP) is 1.32. The van der Waals surface area contributed by atoms with Gasteiger partial charge in [0.1, 0.15) is 0 Å². The maximum atomic E-state index is 12.0. The smallest absolute Gasteiger partial charge is 0.335 e. The SMILES string of the molecule is O=C(O)c1cccc(S(=O)(=O)NCc2cscn2)c1. The molecule has 1 aromatic carbocycles. The Morgan fingerprint density at radius 3 is 2.84 bits per heavy atom. The second-order valence-corrected chi connectivity index (χ2v) is 6.12. The van der Waals surface area contributed by atoms with Gasteiger partial charge < -0.3 is 5.11 Å². The van der Waals surface area contributed by atoms with Gasteiger partial charge in [-0.15, -0.1) is 11.3 Å². The number of hydrogen-bond acceptors (Lipinski definition) is 5. The molecule has 1 aromatic heterocycles. The van der Waals surface area contributed by atoms with Crippen LogP contribution in [0.1, 0.15) is 16.1 Å². The summed E-state index contributed by atoms with van der Waals surface area (Å²) in [5.41, 5.74) is 2.15. The number of hydrogen-bond donors (Lipinski definition) is 2. The Bertz CT molecular complexity index is 680. The average Bonchev–Trinajstić information content (AvgIpc) is 2.90. The van der Waals surface area contributed by atoms with Crippen molar-refractivity contribution in [2.45, 2.75) is 11.4 Å². The number of carbonyl (C=O) groups is 1.